The summed E-state index contributed by atoms with van der Waals surface area (Å²) < 4.78 is 46.3. The predicted octanol–water partition coefficient (Wildman–Crippen LogP) is 3.20. The largest absolute Gasteiger partial charge is 0.468 e. The molecule has 1 unspecified atom stereocenters. The molecule has 3 rings (SSSR count). The SMILES string of the molecule is O=C(OC(C(=O)NC1CC1)c1ccccc1)c1ccc(OCC(F)(F)F)nc1. The van der Waals surface area contributed by atoms with Gasteiger partial charge in [0.25, 0.3) is 5.91 Å². The van der Waals surface area contributed by atoms with Crippen LogP contribution in [0.1, 0.15) is 34.9 Å². The first-order chi connectivity index (χ1) is 13.3. The third-order valence-electron chi connectivity index (χ3n) is 3.84. The Morgan fingerprint density at radius 2 is 1.86 bits per heavy atom. The zero-order valence-corrected chi connectivity index (χ0v) is 14.6. The maximum atomic E-state index is 12.5. The third-order valence-corrected chi connectivity index (χ3v) is 3.84. The summed E-state index contributed by atoms with van der Waals surface area (Å²) >= 11 is 0. The quantitative estimate of drug-likeness (QED) is 0.730. The Bertz CT molecular complexity index is 821. The normalized spacial score (nSPS) is 14.8. The summed E-state index contributed by atoms with van der Waals surface area (Å²) in [5, 5.41) is 2.79. The van der Waals surface area contributed by atoms with Crippen molar-refractivity contribution in [2.45, 2.75) is 31.2 Å². The van der Waals surface area contributed by atoms with Gasteiger partial charge in [-0.2, -0.15) is 13.2 Å². The van der Waals surface area contributed by atoms with Gasteiger partial charge in [0.2, 0.25) is 12.0 Å². The maximum absolute atomic E-state index is 12.5. The minimum Gasteiger partial charge on any atom is -0.468 e. The Labute approximate surface area is 158 Å². The Morgan fingerprint density at radius 1 is 1.14 bits per heavy atom. The highest BCUT2D eigenvalue weighted by Gasteiger charge is 2.31. The molecule has 1 saturated carbocycles. The van der Waals surface area contributed by atoms with Crippen molar-refractivity contribution in [3.63, 3.8) is 0 Å². The number of pyridine rings is 1. The van der Waals surface area contributed by atoms with Crippen molar-refractivity contribution >= 4 is 11.9 Å². The minimum absolute atomic E-state index is 0.0143. The molecule has 0 radical (unpaired) electrons. The molecule has 1 aromatic heterocycles. The molecule has 9 heteroatoms. The maximum Gasteiger partial charge on any atom is 0.422 e. The number of hydrogen-bond donors (Lipinski definition) is 1. The zero-order valence-electron chi connectivity index (χ0n) is 14.6. The first-order valence-corrected chi connectivity index (χ1v) is 8.54. The molecule has 0 aliphatic heterocycles. The van der Waals surface area contributed by atoms with Gasteiger partial charge in [0.1, 0.15) is 0 Å². The van der Waals surface area contributed by atoms with E-state index in [0.717, 1.165) is 25.1 Å². The fraction of sp³-hybridized carbons (Fsp3) is 0.316. The number of carbonyl (C=O) groups excluding carboxylic acids is 2. The first kappa shape index (κ1) is 19.7. The number of benzene rings is 1. The standard InChI is InChI=1S/C19H17F3N2O4/c20-19(21,22)11-27-15-9-6-13(10-23-15)18(26)28-16(12-4-2-1-3-5-12)17(25)24-14-7-8-14/h1-6,9-10,14,16H,7-8,11H2,(H,24,25). The molecule has 0 saturated heterocycles. The fourth-order valence-corrected chi connectivity index (χ4v) is 2.32. The molecule has 2 aromatic rings. The van der Waals surface area contributed by atoms with Gasteiger partial charge in [-0.15, -0.1) is 0 Å². The van der Waals surface area contributed by atoms with E-state index in [-0.39, 0.29) is 17.5 Å². The molecular weight excluding hydrogens is 377 g/mol. The average molecular weight is 394 g/mol. The highest BCUT2D eigenvalue weighted by molar-refractivity contribution is 5.92. The number of amides is 1. The fourth-order valence-electron chi connectivity index (χ4n) is 2.32. The van der Waals surface area contributed by atoms with Crippen LogP contribution in [0.25, 0.3) is 0 Å². The van der Waals surface area contributed by atoms with E-state index in [1.807, 2.05) is 0 Å². The lowest BCUT2D eigenvalue weighted by Crippen LogP contribution is -2.33. The number of alkyl halides is 3. The van der Waals surface area contributed by atoms with Gasteiger partial charge in [-0.25, -0.2) is 9.78 Å². The van der Waals surface area contributed by atoms with Crippen LogP contribution in [0.5, 0.6) is 5.88 Å². The van der Waals surface area contributed by atoms with Gasteiger partial charge < -0.3 is 14.8 Å². The van der Waals surface area contributed by atoms with Crippen LogP contribution in [0.2, 0.25) is 0 Å². The Hall–Kier alpha value is -3.10. The van der Waals surface area contributed by atoms with E-state index in [1.54, 1.807) is 30.3 Å². The van der Waals surface area contributed by atoms with Crippen molar-refractivity contribution in [1.82, 2.24) is 10.3 Å². The molecule has 1 N–H and O–H groups in total. The van der Waals surface area contributed by atoms with E-state index in [1.165, 1.54) is 6.07 Å². The molecule has 0 spiro atoms. The number of nitrogens with one attached hydrogen (secondary N) is 1. The molecule has 1 fully saturated rings. The van der Waals surface area contributed by atoms with E-state index in [2.05, 4.69) is 15.0 Å². The topological polar surface area (TPSA) is 77.5 Å². The van der Waals surface area contributed by atoms with Crippen LogP contribution in [0.4, 0.5) is 13.2 Å². The number of aromatic nitrogens is 1. The van der Waals surface area contributed by atoms with E-state index in [4.69, 9.17) is 4.74 Å². The van der Waals surface area contributed by atoms with Crippen LogP contribution < -0.4 is 10.1 Å². The second-order valence-corrected chi connectivity index (χ2v) is 6.27. The van der Waals surface area contributed by atoms with Crippen molar-refractivity contribution in [2.75, 3.05) is 6.61 Å². The van der Waals surface area contributed by atoms with Crippen LogP contribution in [-0.2, 0) is 9.53 Å². The highest BCUT2D eigenvalue weighted by Crippen LogP contribution is 2.24. The lowest BCUT2D eigenvalue weighted by atomic mass is 10.1. The van der Waals surface area contributed by atoms with E-state index in [9.17, 15) is 22.8 Å². The van der Waals surface area contributed by atoms with Crippen LogP contribution in [0.3, 0.4) is 0 Å². The summed E-state index contributed by atoms with van der Waals surface area (Å²) in [7, 11) is 0. The highest BCUT2D eigenvalue weighted by atomic mass is 19.4. The minimum atomic E-state index is -4.49. The number of hydrogen-bond acceptors (Lipinski definition) is 5. The van der Waals surface area contributed by atoms with Gasteiger partial charge in [0.15, 0.2) is 6.61 Å². The van der Waals surface area contributed by atoms with Gasteiger partial charge in [-0.1, -0.05) is 30.3 Å². The van der Waals surface area contributed by atoms with Crippen LogP contribution in [-0.4, -0.2) is 35.7 Å². The number of nitrogens with zero attached hydrogens (tertiary/aromatic N) is 1. The molecule has 1 aliphatic rings. The number of esters is 1. The van der Waals surface area contributed by atoms with Crippen molar-refractivity contribution < 1.29 is 32.2 Å². The number of carbonyl (C=O) groups is 2. The molecule has 1 aliphatic carbocycles. The smallest absolute Gasteiger partial charge is 0.422 e. The van der Waals surface area contributed by atoms with E-state index in [0.29, 0.717) is 5.56 Å². The molecule has 1 aromatic carbocycles. The second kappa shape index (κ2) is 8.28. The molecule has 6 nitrogen and oxygen atoms in total. The van der Waals surface area contributed by atoms with Crippen molar-refractivity contribution in [3.05, 3.63) is 59.8 Å². The van der Waals surface area contributed by atoms with Gasteiger partial charge >= 0.3 is 12.1 Å². The van der Waals surface area contributed by atoms with Crippen molar-refractivity contribution in [1.29, 1.82) is 0 Å². The van der Waals surface area contributed by atoms with Gasteiger partial charge in [-0.05, 0) is 18.9 Å². The number of rotatable bonds is 7. The Balaban J connectivity index is 1.68. The molecular formula is C19H17F3N2O4. The summed E-state index contributed by atoms with van der Waals surface area (Å²) in [5.41, 5.74) is 0.492. The second-order valence-electron chi connectivity index (χ2n) is 6.27. The summed E-state index contributed by atoms with van der Waals surface area (Å²) in [4.78, 5) is 28.5. The summed E-state index contributed by atoms with van der Waals surface area (Å²) in [6.07, 6.45) is -2.84. The molecule has 0 bridgehead atoms. The van der Waals surface area contributed by atoms with Crippen LogP contribution in [0.15, 0.2) is 48.7 Å². The van der Waals surface area contributed by atoms with Gasteiger partial charge in [0.05, 0.1) is 5.56 Å². The third kappa shape index (κ3) is 5.70. The molecule has 1 heterocycles. The van der Waals surface area contributed by atoms with Crippen molar-refractivity contribution in [3.8, 4) is 5.88 Å². The monoisotopic (exact) mass is 394 g/mol. The lowest BCUT2D eigenvalue weighted by Gasteiger charge is -2.18. The molecule has 28 heavy (non-hydrogen) atoms. The van der Waals surface area contributed by atoms with Crippen molar-refractivity contribution in [2.24, 2.45) is 0 Å². The average Bonchev–Trinajstić information content (AvgIpc) is 3.48. The molecule has 1 amide bonds. The van der Waals surface area contributed by atoms with Gasteiger partial charge in [-0.3, -0.25) is 4.79 Å². The summed E-state index contributed by atoms with van der Waals surface area (Å²) in [5.74, 6) is -1.53. The Morgan fingerprint density at radius 3 is 2.43 bits per heavy atom. The number of ether oxygens (including phenoxy) is 2. The van der Waals surface area contributed by atoms with Gasteiger partial charge in [0, 0.05) is 23.9 Å². The zero-order chi connectivity index (χ0) is 20.1. The van der Waals surface area contributed by atoms with Crippen LogP contribution in [0, 0.1) is 0 Å². The number of halogens is 3. The Kier molecular flexibility index (Phi) is 5.81. The summed E-state index contributed by atoms with van der Waals surface area (Å²) in [6, 6.07) is 11.0. The lowest BCUT2D eigenvalue weighted by molar-refractivity contribution is -0.154. The molecule has 148 valence electrons. The first-order valence-electron chi connectivity index (χ1n) is 8.54. The molecule has 1 atom stereocenters. The van der Waals surface area contributed by atoms with E-state index < -0.39 is 30.8 Å². The van der Waals surface area contributed by atoms with Crippen LogP contribution >= 0.6 is 0 Å². The summed E-state index contributed by atoms with van der Waals surface area (Å²) in [6.45, 7) is -1.48. The predicted molar refractivity (Wildman–Crippen MR) is 91.6 cm³/mol. The van der Waals surface area contributed by atoms with E-state index >= 15 is 0 Å².